The summed E-state index contributed by atoms with van der Waals surface area (Å²) < 4.78 is 0. The van der Waals surface area contributed by atoms with Crippen LogP contribution >= 0.6 is 0 Å². The van der Waals surface area contributed by atoms with Crippen LogP contribution in [0.5, 0.6) is 0 Å². The van der Waals surface area contributed by atoms with Crippen molar-refractivity contribution in [2.24, 2.45) is 11.8 Å². The quantitative estimate of drug-likeness (QED) is 0.0884. The minimum Gasteiger partial charge on any atom is -0.393 e. The first-order chi connectivity index (χ1) is 18.8. The molecule has 0 spiro atoms. The number of aliphatic hydroxyl groups excluding tert-OH is 2. The lowest BCUT2D eigenvalue weighted by molar-refractivity contribution is -0.763. The molecule has 0 aromatic heterocycles. The van der Waals surface area contributed by atoms with Crippen LogP contribution in [0.25, 0.3) is 0 Å². The van der Waals surface area contributed by atoms with E-state index in [1.54, 1.807) is 24.3 Å². The summed E-state index contributed by atoms with van der Waals surface area (Å²) in [5.74, 6) is 0.101. The molecule has 0 saturated heterocycles. The van der Waals surface area contributed by atoms with E-state index in [2.05, 4.69) is 17.1 Å². The molecular weight excluding hydrogens is 500 g/mol. The van der Waals surface area contributed by atoms with Crippen LogP contribution in [0, 0.1) is 22.0 Å². The second kappa shape index (κ2) is 18.5. The lowest BCUT2D eigenvalue weighted by Gasteiger charge is -2.22. The highest BCUT2D eigenvalue weighted by atomic mass is 16.9. The molecule has 1 fully saturated rings. The van der Waals surface area contributed by atoms with Gasteiger partial charge in [-0.2, -0.15) is 0 Å². The molecule has 1 aliphatic rings. The summed E-state index contributed by atoms with van der Waals surface area (Å²) in [5.41, 5.74) is 1.58. The van der Waals surface area contributed by atoms with Gasteiger partial charge in [0.1, 0.15) is 12.4 Å². The number of hydrogen-bond donors (Lipinski definition) is 3. The Morgan fingerprint density at radius 3 is 2.38 bits per heavy atom. The number of carbonyl (C=O) groups is 2. The summed E-state index contributed by atoms with van der Waals surface area (Å²) in [6.45, 7) is 2.45. The van der Waals surface area contributed by atoms with Crippen molar-refractivity contribution >= 4 is 11.7 Å². The zero-order chi connectivity index (χ0) is 28.5. The maximum Gasteiger partial charge on any atom is 0.294 e. The summed E-state index contributed by atoms with van der Waals surface area (Å²) in [6, 6.07) is 7.06. The van der Waals surface area contributed by atoms with Crippen molar-refractivity contribution in [2.45, 2.75) is 116 Å². The highest BCUT2D eigenvalue weighted by Crippen LogP contribution is 2.38. The highest BCUT2D eigenvalue weighted by molar-refractivity contribution is 5.78. The number of amides is 1. The van der Waals surface area contributed by atoms with Gasteiger partial charge in [0.15, 0.2) is 0 Å². The number of aliphatic hydroxyl groups is 2. The first-order valence-electron chi connectivity index (χ1n) is 14.4. The second-order valence-corrected chi connectivity index (χ2v) is 10.6. The average Bonchev–Trinajstić information content (AvgIpc) is 3.18. The van der Waals surface area contributed by atoms with Crippen LogP contribution in [-0.4, -0.2) is 39.2 Å². The molecule has 1 saturated carbocycles. The highest BCUT2D eigenvalue weighted by Gasteiger charge is 2.40. The monoisotopic (exact) mass is 546 g/mol. The number of Topliss-reactive ketones (excluding diaryl/α,β-unsaturated/α-hetero) is 1. The molecule has 9 nitrogen and oxygen atoms in total. The summed E-state index contributed by atoms with van der Waals surface area (Å²) in [6.07, 6.45) is 13.1. The number of ketones is 1. The van der Waals surface area contributed by atoms with E-state index in [0.717, 1.165) is 24.8 Å². The number of allylic oxidation sites excluding steroid dienone is 2. The largest absolute Gasteiger partial charge is 0.393 e. The topological polar surface area (TPSA) is 139 Å². The number of carbonyl (C=O) groups excluding carboxylic acids is 2. The van der Waals surface area contributed by atoms with E-state index in [4.69, 9.17) is 0 Å². The Kier molecular flexibility index (Phi) is 15.4. The molecule has 3 N–H and O–H groups in total. The van der Waals surface area contributed by atoms with E-state index in [1.165, 1.54) is 19.3 Å². The van der Waals surface area contributed by atoms with E-state index in [1.807, 2.05) is 12.2 Å². The zero-order valence-electron chi connectivity index (χ0n) is 23.3. The normalized spacial score (nSPS) is 20.8. The molecule has 9 heteroatoms. The molecule has 1 aromatic rings. The van der Waals surface area contributed by atoms with Gasteiger partial charge in [0.05, 0.1) is 12.2 Å². The van der Waals surface area contributed by atoms with Gasteiger partial charge in [-0.1, -0.05) is 69.0 Å². The Labute approximate surface area is 232 Å². The van der Waals surface area contributed by atoms with Crippen molar-refractivity contribution in [3.05, 3.63) is 57.7 Å². The Morgan fingerprint density at radius 2 is 1.67 bits per heavy atom. The first kappa shape index (κ1) is 32.4. The molecule has 1 amide bonds. The Bertz CT molecular complexity index is 903. The van der Waals surface area contributed by atoms with Gasteiger partial charge >= 0.3 is 0 Å². The van der Waals surface area contributed by atoms with E-state index in [0.29, 0.717) is 57.1 Å². The van der Waals surface area contributed by atoms with Gasteiger partial charge in [-0.05, 0) is 61.5 Å². The molecular formula is C30H46N2O7. The molecule has 39 heavy (non-hydrogen) atoms. The number of unbranched alkanes of at least 4 members (excludes halogenated alkanes) is 5. The number of nitrogens with one attached hydrogen (secondary N) is 1. The van der Waals surface area contributed by atoms with Crippen LogP contribution in [0.3, 0.4) is 0 Å². The standard InChI is InChI=1S/C30H46N2O7/c1-2-3-4-5-8-11-25(33)18-19-27-26(28(34)20-29(27)35)12-9-6-7-10-13-30(36)31-21-23-14-16-24(17-15-23)22-39-32(37)38/h6,9,14-17,26-29,34-35H,2-5,7-8,10-13,18-22H2,1H3,(H,31,36)/t26-,27-,28+,29-/m1/s1. The van der Waals surface area contributed by atoms with Crippen molar-refractivity contribution < 1.29 is 29.7 Å². The maximum absolute atomic E-state index is 12.3. The molecule has 0 bridgehead atoms. The van der Waals surface area contributed by atoms with Gasteiger partial charge in [-0.25, -0.2) is 0 Å². The lowest BCUT2D eigenvalue weighted by atomic mass is 9.86. The van der Waals surface area contributed by atoms with Crippen molar-refractivity contribution in [1.29, 1.82) is 0 Å². The average molecular weight is 547 g/mol. The first-order valence-corrected chi connectivity index (χ1v) is 14.4. The van der Waals surface area contributed by atoms with Crippen molar-refractivity contribution in [2.75, 3.05) is 0 Å². The van der Waals surface area contributed by atoms with E-state index >= 15 is 0 Å². The summed E-state index contributed by atoms with van der Waals surface area (Å²) >= 11 is 0. The Morgan fingerprint density at radius 1 is 0.974 bits per heavy atom. The number of rotatable bonds is 20. The second-order valence-electron chi connectivity index (χ2n) is 10.6. The van der Waals surface area contributed by atoms with E-state index < -0.39 is 17.3 Å². The molecule has 0 unspecified atom stereocenters. The fourth-order valence-corrected chi connectivity index (χ4v) is 5.21. The SMILES string of the molecule is CCCCCCCC(=O)CC[C@@H]1[C@@H](CC=CCCCC(=O)NCc2ccc(CO[N+](=O)[O-])cc2)[C@@H](O)C[C@H]1O. The van der Waals surface area contributed by atoms with Crippen LogP contribution in [0.1, 0.15) is 102 Å². The van der Waals surface area contributed by atoms with Crippen LogP contribution in [-0.2, 0) is 27.6 Å². The van der Waals surface area contributed by atoms with Gasteiger partial charge in [0.25, 0.3) is 5.09 Å². The summed E-state index contributed by atoms with van der Waals surface area (Å²) in [5, 5.41) is 33.2. The third-order valence-corrected chi connectivity index (χ3v) is 7.54. The summed E-state index contributed by atoms with van der Waals surface area (Å²) in [4.78, 5) is 39.0. The van der Waals surface area contributed by atoms with Gasteiger partial charge in [-0.15, -0.1) is 10.1 Å². The molecule has 2 rings (SSSR count). The fourth-order valence-electron chi connectivity index (χ4n) is 5.21. The lowest BCUT2D eigenvalue weighted by Crippen LogP contribution is -2.22. The Hall–Kier alpha value is -2.78. The molecule has 0 radical (unpaired) electrons. The number of benzene rings is 1. The van der Waals surface area contributed by atoms with Crippen molar-refractivity contribution in [1.82, 2.24) is 5.32 Å². The molecule has 0 aliphatic heterocycles. The predicted octanol–water partition coefficient (Wildman–Crippen LogP) is 5.20. The van der Waals surface area contributed by atoms with Gasteiger partial charge in [0, 0.05) is 25.8 Å². The van der Waals surface area contributed by atoms with Gasteiger partial charge in [0.2, 0.25) is 5.91 Å². The van der Waals surface area contributed by atoms with Crippen LogP contribution in [0.2, 0.25) is 0 Å². The summed E-state index contributed by atoms with van der Waals surface area (Å²) in [7, 11) is 0. The minimum atomic E-state index is -0.829. The smallest absolute Gasteiger partial charge is 0.294 e. The van der Waals surface area contributed by atoms with Gasteiger partial charge in [-0.3, -0.25) is 9.59 Å². The molecule has 218 valence electrons. The third kappa shape index (κ3) is 13.2. The van der Waals surface area contributed by atoms with Gasteiger partial charge < -0.3 is 20.4 Å². The maximum atomic E-state index is 12.3. The molecule has 0 heterocycles. The fraction of sp³-hybridized carbons (Fsp3) is 0.667. The van der Waals surface area contributed by atoms with E-state index in [-0.39, 0.29) is 30.1 Å². The van der Waals surface area contributed by atoms with E-state index in [9.17, 15) is 29.9 Å². The molecule has 1 aromatic carbocycles. The van der Waals surface area contributed by atoms with Crippen LogP contribution in [0.15, 0.2) is 36.4 Å². The predicted molar refractivity (Wildman–Crippen MR) is 149 cm³/mol. The molecule has 4 atom stereocenters. The van der Waals surface area contributed by atoms with Crippen LogP contribution < -0.4 is 5.32 Å². The van der Waals surface area contributed by atoms with Crippen molar-refractivity contribution in [3.8, 4) is 0 Å². The Balaban J connectivity index is 1.62. The molecule has 1 aliphatic carbocycles. The van der Waals surface area contributed by atoms with Crippen molar-refractivity contribution in [3.63, 3.8) is 0 Å². The third-order valence-electron chi connectivity index (χ3n) is 7.54. The number of hydrogen-bond acceptors (Lipinski definition) is 7. The zero-order valence-corrected chi connectivity index (χ0v) is 23.3. The van der Waals surface area contributed by atoms with Crippen LogP contribution in [0.4, 0.5) is 0 Å². The minimum absolute atomic E-state index is 0.0468. The number of nitrogens with zero attached hydrogens (tertiary/aromatic N) is 1.